The van der Waals surface area contributed by atoms with E-state index in [4.69, 9.17) is 30.9 Å². The van der Waals surface area contributed by atoms with Crippen molar-refractivity contribution in [2.24, 2.45) is 13.0 Å². The number of carbonyl (C=O) groups is 2. The largest absolute Gasteiger partial charge is 0.496 e. The van der Waals surface area contributed by atoms with Crippen LogP contribution in [0, 0.1) is 18.7 Å². The van der Waals surface area contributed by atoms with E-state index in [1.54, 1.807) is 6.07 Å². The second kappa shape index (κ2) is 14.3. The maximum absolute atomic E-state index is 15.6. The Labute approximate surface area is 302 Å². The summed E-state index contributed by atoms with van der Waals surface area (Å²) in [6.07, 6.45) is 3.51. The predicted octanol–water partition coefficient (Wildman–Crippen LogP) is 7.24. The molecule has 268 valence electrons. The molecule has 2 aliphatic carbocycles. The number of aromatic nitrogens is 2. The van der Waals surface area contributed by atoms with E-state index in [1.807, 2.05) is 42.8 Å². The third-order valence-electron chi connectivity index (χ3n) is 10.4. The molecule has 3 aromatic carbocycles. The number of nitrogens with zero attached hydrogens (tertiary/aromatic N) is 3. The monoisotopic (exact) mass is 715 g/mol. The third kappa shape index (κ3) is 6.82. The first kappa shape index (κ1) is 35.0. The smallest absolute Gasteiger partial charge is 0.327 e. The fraction of sp³-hybridized carbons (Fsp3) is 0.410. The molecule has 0 saturated heterocycles. The van der Waals surface area contributed by atoms with Crippen LogP contribution in [-0.4, -0.2) is 46.0 Å². The number of benzene rings is 3. The number of fused-ring (bicyclic) bond motifs is 2. The van der Waals surface area contributed by atoms with E-state index in [0.717, 1.165) is 83.7 Å². The van der Waals surface area contributed by atoms with E-state index in [1.165, 1.54) is 7.11 Å². The molecule has 2 N–H and O–H groups in total. The van der Waals surface area contributed by atoms with E-state index >= 15 is 4.39 Å². The van der Waals surface area contributed by atoms with E-state index in [9.17, 15) is 9.59 Å². The standard InChI is InChI=1S/C39H43ClFN5O5/c1-21(2)46-17-16-31-30(20-46)43-37(45(31)4)38(47)44-29-11-7-8-24(22(29)3)25-9-6-10-27-26(25)14-15-32(27)50-34-18-33(49-5)28(36(41)35(34)40)19-42-51-39(48)23-12-13-23/h6-11,18,21,23,32,42H,12-17,19-20H2,1-5H3,(H,44,47). The van der Waals surface area contributed by atoms with Crippen molar-refractivity contribution >= 4 is 29.2 Å². The molecule has 0 bridgehead atoms. The fourth-order valence-electron chi connectivity index (χ4n) is 7.21. The first-order valence-electron chi connectivity index (χ1n) is 17.5. The second-order valence-corrected chi connectivity index (χ2v) is 14.2. The molecule has 1 aliphatic heterocycles. The van der Waals surface area contributed by atoms with Gasteiger partial charge in [0.2, 0.25) is 0 Å². The molecule has 0 radical (unpaired) electrons. The topological polar surface area (TPSA) is 107 Å². The average Bonchev–Trinajstić information content (AvgIpc) is 3.82. The minimum Gasteiger partial charge on any atom is -0.496 e. The lowest BCUT2D eigenvalue weighted by Crippen LogP contribution is -2.36. The van der Waals surface area contributed by atoms with Crippen LogP contribution in [0.15, 0.2) is 42.5 Å². The van der Waals surface area contributed by atoms with Crippen molar-refractivity contribution < 1.29 is 28.3 Å². The van der Waals surface area contributed by atoms with Crippen molar-refractivity contribution in [3.63, 3.8) is 0 Å². The van der Waals surface area contributed by atoms with E-state index in [-0.39, 0.29) is 52.5 Å². The molecule has 1 saturated carbocycles. The van der Waals surface area contributed by atoms with Gasteiger partial charge in [0.05, 0.1) is 25.3 Å². The van der Waals surface area contributed by atoms with Crippen LogP contribution in [-0.2, 0) is 42.6 Å². The number of ether oxygens (including phenoxy) is 2. The van der Waals surface area contributed by atoms with Crippen LogP contribution in [0.4, 0.5) is 10.1 Å². The van der Waals surface area contributed by atoms with Gasteiger partial charge >= 0.3 is 5.97 Å². The SMILES string of the molecule is COc1cc(OC2CCc3c(-c4cccc(NC(=O)c5nc6c(n5C)CCN(C(C)C)C6)c4C)cccc32)c(Cl)c(F)c1CNOC(=O)C1CC1. The minimum absolute atomic E-state index is 0.0914. The normalized spacial score (nSPS) is 16.9. The molecule has 2 heterocycles. The van der Waals surface area contributed by atoms with Gasteiger partial charge < -0.3 is 24.2 Å². The number of nitrogens with one attached hydrogen (secondary N) is 2. The number of hydroxylamine groups is 1. The number of halogens is 2. The Balaban J connectivity index is 1.09. The van der Waals surface area contributed by atoms with Crippen molar-refractivity contribution in [3.8, 4) is 22.6 Å². The van der Waals surface area contributed by atoms with Crippen LogP contribution in [0.2, 0.25) is 5.02 Å². The number of methoxy groups -OCH3 is 1. The van der Waals surface area contributed by atoms with Gasteiger partial charge in [-0.3, -0.25) is 14.5 Å². The fourth-order valence-corrected chi connectivity index (χ4v) is 7.42. The first-order chi connectivity index (χ1) is 24.5. The Morgan fingerprint density at radius 3 is 2.59 bits per heavy atom. The zero-order valence-electron chi connectivity index (χ0n) is 29.6. The molecule has 4 aromatic rings. The van der Waals surface area contributed by atoms with E-state index in [0.29, 0.717) is 18.3 Å². The van der Waals surface area contributed by atoms with Crippen LogP contribution in [0.5, 0.6) is 11.5 Å². The number of imidazole rings is 1. The molecule has 10 nitrogen and oxygen atoms in total. The van der Waals surface area contributed by atoms with Gasteiger partial charge in [0.1, 0.15) is 22.6 Å². The van der Waals surface area contributed by atoms with Crippen molar-refractivity contribution in [3.05, 3.63) is 92.8 Å². The molecule has 1 amide bonds. The van der Waals surface area contributed by atoms with Crippen molar-refractivity contribution in [1.82, 2.24) is 19.9 Å². The number of hydrogen-bond acceptors (Lipinski definition) is 8. The number of anilines is 1. The second-order valence-electron chi connectivity index (χ2n) is 13.9. The van der Waals surface area contributed by atoms with E-state index < -0.39 is 5.82 Å². The molecule has 1 aromatic heterocycles. The van der Waals surface area contributed by atoms with Gasteiger partial charge in [-0.05, 0) is 80.3 Å². The van der Waals surface area contributed by atoms with Crippen LogP contribution in [0.1, 0.15) is 83.5 Å². The van der Waals surface area contributed by atoms with Gasteiger partial charge in [-0.15, -0.1) is 5.48 Å². The predicted molar refractivity (Wildman–Crippen MR) is 192 cm³/mol. The molecular formula is C39H43ClFN5O5. The molecular weight excluding hydrogens is 673 g/mol. The molecule has 12 heteroatoms. The molecule has 1 fully saturated rings. The molecule has 51 heavy (non-hydrogen) atoms. The summed E-state index contributed by atoms with van der Waals surface area (Å²) in [6.45, 7) is 7.94. The summed E-state index contributed by atoms with van der Waals surface area (Å²) in [4.78, 5) is 37.7. The number of hydrogen-bond donors (Lipinski definition) is 2. The Morgan fingerprint density at radius 1 is 1.08 bits per heavy atom. The van der Waals surface area contributed by atoms with Gasteiger partial charge in [-0.2, -0.15) is 0 Å². The Kier molecular flexibility index (Phi) is 9.80. The van der Waals surface area contributed by atoms with Crippen molar-refractivity contribution in [2.75, 3.05) is 19.0 Å². The molecule has 1 unspecified atom stereocenters. The van der Waals surface area contributed by atoms with Crippen molar-refractivity contribution in [2.45, 2.75) is 78.1 Å². The third-order valence-corrected chi connectivity index (χ3v) is 10.7. The summed E-state index contributed by atoms with van der Waals surface area (Å²) in [5, 5.41) is 2.96. The zero-order valence-corrected chi connectivity index (χ0v) is 30.3. The maximum atomic E-state index is 15.6. The molecule has 0 spiro atoms. The van der Waals surface area contributed by atoms with Gasteiger partial charge in [0, 0.05) is 55.6 Å². The number of carbonyl (C=O) groups excluding carboxylic acids is 2. The molecule has 7 rings (SSSR count). The Bertz CT molecular complexity index is 2010. The Hall–Kier alpha value is -4.45. The minimum atomic E-state index is -0.703. The Morgan fingerprint density at radius 2 is 1.84 bits per heavy atom. The number of amides is 1. The van der Waals surface area contributed by atoms with Gasteiger partial charge in [-0.25, -0.2) is 9.37 Å². The maximum Gasteiger partial charge on any atom is 0.327 e. The molecule has 1 atom stereocenters. The van der Waals surface area contributed by atoms with Gasteiger partial charge in [0.15, 0.2) is 11.6 Å². The lowest BCUT2D eigenvalue weighted by atomic mass is 9.93. The van der Waals surface area contributed by atoms with Crippen LogP contribution in [0.25, 0.3) is 11.1 Å². The highest BCUT2D eigenvalue weighted by atomic mass is 35.5. The van der Waals surface area contributed by atoms with Gasteiger partial charge in [-0.1, -0.05) is 41.9 Å². The quantitative estimate of drug-likeness (QED) is 0.157. The highest BCUT2D eigenvalue weighted by molar-refractivity contribution is 6.32. The summed E-state index contributed by atoms with van der Waals surface area (Å²) in [6, 6.07) is 14.0. The zero-order chi connectivity index (χ0) is 36.0. The van der Waals surface area contributed by atoms with Crippen molar-refractivity contribution in [1.29, 1.82) is 0 Å². The lowest BCUT2D eigenvalue weighted by Gasteiger charge is -2.29. The molecule has 3 aliphatic rings. The van der Waals surface area contributed by atoms with Gasteiger partial charge in [0.25, 0.3) is 5.91 Å². The summed E-state index contributed by atoms with van der Waals surface area (Å²) in [7, 11) is 3.35. The first-order valence-corrected chi connectivity index (χ1v) is 17.9. The summed E-state index contributed by atoms with van der Waals surface area (Å²) in [5.74, 6) is -0.586. The van der Waals surface area contributed by atoms with Crippen LogP contribution >= 0.6 is 11.6 Å². The number of rotatable bonds is 11. The van der Waals surface area contributed by atoms with Crippen LogP contribution < -0.4 is 20.3 Å². The average molecular weight is 716 g/mol. The summed E-state index contributed by atoms with van der Waals surface area (Å²) in [5.41, 5.74) is 10.6. The highest BCUT2D eigenvalue weighted by Crippen LogP contribution is 2.44. The van der Waals surface area contributed by atoms with E-state index in [2.05, 4.69) is 41.7 Å². The summed E-state index contributed by atoms with van der Waals surface area (Å²) >= 11 is 6.51. The highest BCUT2D eigenvalue weighted by Gasteiger charge is 2.33. The summed E-state index contributed by atoms with van der Waals surface area (Å²) < 4.78 is 29.3. The lowest BCUT2D eigenvalue weighted by molar-refractivity contribution is -0.153. The van der Waals surface area contributed by atoms with Crippen LogP contribution in [0.3, 0.4) is 0 Å².